The molecular formula is C17H14FNO4. The molecule has 0 fully saturated rings. The van der Waals surface area contributed by atoms with Crippen molar-refractivity contribution in [2.45, 2.75) is 0 Å². The maximum Gasteiger partial charge on any atom is 0.338 e. The Morgan fingerprint density at radius 2 is 1.91 bits per heavy atom. The normalized spacial score (nSPS) is 9.78. The number of ether oxygens (including phenoxy) is 3. The molecule has 0 saturated heterocycles. The van der Waals surface area contributed by atoms with Gasteiger partial charge in [0.05, 0.1) is 24.3 Å². The number of nitrogens with zero attached hydrogens (tertiary/aromatic N) is 1. The third-order valence-electron chi connectivity index (χ3n) is 2.96. The molecule has 2 aromatic carbocycles. The van der Waals surface area contributed by atoms with E-state index in [4.69, 9.17) is 19.5 Å². The number of nitriles is 1. The van der Waals surface area contributed by atoms with Crippen LogP contribution >= 0.6 is 0 Å². The minimum Gasteiger partial charge on any atom is -0.494 e. The van der Waals surface area contributed by atoms with Gasteiger partial charge in [0.2, 0.25) is 0 Å². The number of esters is 1. The van der Waals surface area contributed by atoms with Crippen molar-refractivity contribution in [3.05, 3.63) is 59.4 Å². The van der Waals surface area contributed by atoms with E-state index in [1.165, 1.54) is 19.2 Å². The van der Waals surface area contributed by atoms with Crippen molar-refractivity contribution in [1.29, 1.82) is 5.26 Å². The zero-order valence-corrected chi connectivity index (χ0v) is 12.4. The fraction of sp³-hybridized carbons (Fsp3) is 0.176. The van der Waals surface area contributed by atoms with E-state index in [1.54, 1.807) is 24.3 Å². The summed E-state index contributed by atoms with van der Waals surface area (Å²) in [4.78, 5) is 11.8. The molecule has 0 aliphatic heterocycles. The third-order valence-corrected chi connectivity index (χ3v) is 2.96. The first-order valence-corrected chi connectivity index (χ1v) is 6.77. The van der Waals surface area contributed by atoms with Gasteiger partial charge in [0, 0.05) is 0 Å². The second-order valence-electron chi connectivity index (χ2n) is 4.47. The number of carbonyl (C=O) groups excluding carboxylic acids is 1. The molecule has 0 spiro atoms. The van der Waals surface area contributed by atoms with Gasteiger partial charge in [0.1, 0.15) is 19.0 Å². The van der Waals surface area contributed by atoms with Gasteiger partial charge in [0.15, 0.2) is 11.6 Å². The lowest BCUT2D eigenvalue weighted by molar-refractivity contribution is 0.0450. The van der Waals surface area contributed by atoms with Crippen molar-refractivity contribution in [2.24, 2.45) is 0 Å². The van der Waals surface area contributed by atoms with Crippen LogP contribution in [0.1, 0.15) is 15.9 Å². The van der Waals surface area contributed by atoms with E-state index in [0.717, 1.165) is 6.07 Å². The fourth-order valence-electron chi connectivity index (χ4n) is 1.80. The summed E-state index contributed by atoms with van der Waals surface area (Å²) in [6.45, 7) is 0.169. The van der Waals surface area contributed by atoms with Crippen LogP contribution in [0.3, 0.4) is 0 Å². The maximum absolute atomic E-state index is 13.5. The van der Waals surface area contributed by atoms with Crippen molar-refractivity contribution in [2.75, 3.05) is 20.3 Å². The Balaban J connectivity index is 1.80. The van der Waals surface area contributed by atoms with Crippen LogP contribution in [0, 0.1) is 17.1 Å². The zero-order chi connectivity index (χ0) is 16.7. The van der Waals surface area contributed by atoms with E-state index in [2.05, 4.69) is 0 Å². The molecule has 0 atom stereocenters. The van der Waals surface area contributed by atoms with E-state index in [9.17, 15) is 9.18 Å². The summed E-state index contributed by atoms with van der Waals surface area (Å²) in [6, 6.07) is 12.4. The van der Waals surface area contributed by atoms with Crippen LogP contribution < -0.4 is 9.47 Å². The SMILES string of the molecule is COc1ccc(C(=O)OCCOc2ccc(C#N)cc2)cc1F. The topological polar surface area (TPSA) is 68.6 Å². The van der Waals surface area contributed by atoms with Gasteiger partial charge in [-0.05, 0) is 42.5 Å². The van der Waals surface area contributed by atoms with Crippen molar-refractivity contribution in [3.8, 4) is 17.6 Å². The Kier molecular flexibility index (Phi) is 5.53. The first-order chi connectivity index (χ1) is 11.1. The lowest BCUT2D eigenvalue weighted by Crippen LogP contribution is -2.12. The molecule has 0 bridgehead atoms. The Morgan fingerprint density at radius 1 is 1.17 bits per heavy atom. The number of halogens is 1. The molecule has 0 unspecified atom stereocenters. The summed E-state index contributed by atoms with van der Waals surface area (Å²) in [6.07, 6.45) is 0. The Labute approximate surface area is 132 Å². The lowest BCUT2D eigenvalue weighted by Gasteiger charge is -2.08. The molecule has 2 rings (SSSR count). The van der Waals surface area contributed by atoms with Gasteiger partial charge < -0.3 is 14.2 Å². The summed E-state index contributed by atoms with van der Waals surface area (Å²) < 4.78 is 28.6. The molecule has 0 saturated carbocycles. The number of methoxy groups -OCH3 is 1. The second kappa shape index (κ2) is 7.80. The van der Waals surface area contributed by atoms with Crippen LogP contribution in [0.25, 0.3) is 0 Å². The molecule has 0 heterocycles. The van der Waals surface area contributed by atoms with Gasteiger partial charge in [-0.1, -0.05) is 0 Å². The molecule has 118 valence electrons. The van der Waals surface area contributed by atoms with Crippen molar-refractivity contribution >= 4 is 5.97 Å². The van der Waals surface area contributed by atoms with Crippen molar-refractivity contribution < 1.29 is 23.4 Å². The molecule has 2 aromatic rings. The van der Waals surface area contributed by atoms with E-state index in [0.29, 0.717) is 11.3 Å². The quantitative estimate of drug-likeness (QED) is 0.605. The molecule has 23 heavy (non-hydrogen) atoms. The smallest absolute Gasteiger partial charge is 0.338 e. The largest absolute Gasteiger partial charge is 0.494 e. The molecule has 0 N–H and O–H groups in total. The van der Waals surface area contributed by atoms with Crippen LogP contribution in [0.15, 0.2) is 42.5 Å². The highest BCUT2D eigenvalue weighted by Gasteiger charge is 2.11. The number of carbonyl (C=O) groups is 1. The van der Waals surface area contributed by atoms with Crippen molar-refractivity contribution in [3.63, 3.8) is 0 Å². The second-order valence-corrected chi connectivity index (χ2v) is 4.47. The predicted molar refractivity (Wildman–Crippen MR) is 79.9 cm³/mol. The number of hydrogen-bond donors (Lipinski definition) is 0. The number of hydrogen-bond acceptors (Lipinski definition) is 5. The molecule has 0 amide bonds. The van der Waals surface area contributed by atoms with E-state index in [-0.39, 0.29) is 24.5 Å². The average molecular weight is 315 g/mol. The van der Waals surface area contributed by atoms with E-state index < -0.39 is 11.8 Å². The summed E-state index contributed by atoms with van der Waals surface area (Å²) in [7, 11) is 1.34. The molecule has 6 heteroatoms. The summed E-state index contributed by atoms with van der Waals surface area (Å²) in [5.41, 5.74) is 0.631. The van der Waals surface area contributed by atoms with Gasteiger partial charge in [-0.2, -0.15) is 5.26 Å². The fourth-order valence-corrected chi connectivity index (χ4v) is 1.80. The highest BCUT2D eigenvalue weighted by Crippen LogP contribution is 2.18. The molecule has 0 aromatic heterocycles. The van der Waals surface area contributed by atoms with Crippen LogP contribution in [0.4, 0.5) is 4.39 Å². The lowest BCUT2D eigenvalue weighted by atomic mass is 10.2. The molecular weight excluding hydrogens is 301 g/mol. The third kappa shape index (κ3) is 4.45. The van der Waals surface area contributed by atoms with Crippen LogP contribution in [0.2, 0.25) is 0 Å². The Hall–Kier alpha value is -3.07. The Bertz CT molecular complexity index is 722. The highest BCUT2D eigenvalue weighted by molar-refractivity contribution is 5.89. The Morgan fingerprint density at radius 3 is 2.52 bits per heavy atom. The summed E-state index contributed by atoms with van der Waals surface area (Å²) in [5.74, 6) is -0.646. The van der Waals surface area contributed by atoms with Gasteiger partial charge in [0.25, 0.3) is 0 Å². The van der Waals surface area contributed by atoms with Gasteiger partial charge in [-0.15, -0.1) is 0 Å². The van der Waals surface area contributed by atoms with Crippen LogP contribution in [-0.4, -0.2) is 26.3 Å². The predicted octanol–water partition coefficient (Wildman–Crippen LogP) is 2.94. The van der Waals surface area contributed by atoms with Gasteiger partial charge in [-0.3, -0.25) is 0 Å². The van der Waals surface area contributed by atoms with Gasteiger partial charge in [-0.25, -0.2) is 9.18 Å². The van der Waals surface area contributed by atoms with Crippen LogP contribution in [-0.2, 0) is 4.74 Å². The molecule has 0 aliphatic carbocycles. The standard InChI is InChI=1S/C17H14FNO4/c1-21-16-7-4-13(10-15(16)18)17(20)23-9-8-22-14-5-2-12(11-19)3-6-14/h2-7,10H,8-9H2,1H3. The average Bonchev–Trinajstić information content (AvgIpc) is 2.59. The monoisotopic (exact) mass is 315 g/mol. The summed E-state index contributed by atoms with van der Waals surface area (Å²) in [5, 5.41) is 8.68. The first-order valence-electron chi connectivity index (χ1n) is 6.77. The minimum atomic E-state index is -0.644. The number of benzene rings is 2. The molecule has 0 radical (unpaired) electrons. The minimum absolute atomic E-state index is 0.0203. The number of rotatable bonds is 6. The van der Waals surface area contributed by atoms with Crippen molar-refractivity contribution in [1.82, 2.24) is 0 Å². The van der Waals surface area contributed by atoms with E-state index in [1.807, 2.05) is 6.07 Å². The van der Waals surface area contributed by atoms with Crippen LogP contribution in [0.5, 0.6) is 11.5 Å². The maximum atomic E-state index is 13.5. The zero-order valence-electron chi connectivity index (χ0n) is 12.4. The highest BCUT2D eigenvalue weighted by atomic mass is 19.1. The first kappa shape index (κ1) is 16.3. The molecule has 0 aliphatic rings. The van der Waals surface area contributed by atoms with E-state index >= 15 is 0 Å². The molecule has 5 nitrogen and oxygen atoms in total. The summed E-state index contributed by atoms with van der Waals surface area (Å²) >= 11 is 0. The van der Waals surface area contributed by atoms with Gasteiger partial charge >= 0.3 is 5.97 Å².